The van der Waals surface area contributed by atoms with Crippen molar-refractivity contribution in [2.24, 2.45) is 12.8 Å². The number of primary amides is 1. The minimum absolute atomic E-state index is 0.179. The zero-order valence-corrected chi connectivity index (χ0v) is 26.6. The van der Waals surface area contributed by atoms with E-state index in [1.54, 1.807) is 37.5 Å². The van der Waals surface area contributed by atoms with E-state index in [4.69, 9.17) is 20.2 Å². The summed E-state index contributed by atoms with van der Waals surface area (Å²) in [6.07, 6.45) is 2.94. The standard InChI is InChI=1S/C31H41N7O7/c1-19(2)12-14-37-25-26(34-28(37)36-13-8-10-21(16-36)33-29(42)45-31(3,4)5)35(6)30(43)38(27(25)41)17-23(39)20-9-7-11-22(15-20)44-18-24(32)40/h7,9,11-12,15,21H,8,10,13-14,16-18H2,1-6H3,(H2,32,40)(H,33,42). The number of benzene rings is 1. The zero-order valence-electron chi connectivity index (χ0n) is 26.6. The first kappa shape index (κ1) is 33.0. The van der Waals surface area contributed by atoms with Gasteiger partial charge in [0, 0.05) is 38.3 Å². The van der Waals surface area contributed by atoms with Crippen LogP contribution < -0.4 is 31.9 Å². The Morgan fingerprint density at radius 2 is 1.89 bits per heavy atom. The number of nitrogens with one attached hydrogen (secondary N) is 1. The molecule has 242 valence electrons. The normalized spacial score (nSPS) is 15.1. The van der Waals surface area contributed by atoms with Gasteiger partial charge in [0.25, 0.3) is 11.5 Å². The van der Waals surface area contributed by atoms with E-state index in [9.17, 15) is 24.0 Å². The van der Waals surface area contributed by atoms with Gasteiger partial charge < -0.3 is 30.0 Å². The second-order valence-electron chi connectivity index (χ2n) is 12.3. The number of allylic oxidation sites excluding steroid dienone is 2. The first-order valence-electron chi connectivity index (χ1n) is 14.8. The van der Waals surface area contributed by atoms with Crippen molar-refractivity contribution in [3.8, 4) is 5.75 Å². The molecule has 1 aliphatic heterocycles. The largest absolute Gasteiger partial charge is 0.484 e. The van der Waals surface area contributed by atoms with Crippen LogP contribution >= 0.6 is 0 Å². The number of ketones is 1. The first-order valence-corrected chi connectivity index (χ1v) is 14.8. The molecule has 3 aromatic rings. The lowest BCUT2D eigenvalue weighted by molar-refractivity contribution is -0.119. The fraction of sp³-hybridized carbons (Fsp3) is 0.484. The minimum atomic E-state index is -0.691. The van der Waals surface area contributed by atoms with Gasteiger partial charge in [-0.25, -0.2) is 9.59 Å². The number of Topliss-reactive ketones (excluding diaryl/α,β-unsaturated/α-hetero) is 1. The van der Waals surface area contributed by atoms with Gasteiger partial charge in [-0.3, -0.25) is 23.5 Å². The van der Waals surface area contributed by atoms with Gasteiger partial charge in [-0.05, 0) is 59.6 Å². The summed E-state index contributed by atoms with van der Waals surface area (Å²) in [5, 5.41) is 2.93. The van der Waals surface area contributed by atoms with Crippen LogP contribution in [0.1, 0.15) is 57.8 Å². The predicted molar refractivity (Wildman–Crippen MR) is 169 cm³/mol. The van der Waals surface area contributed by atoms with Crippen LogP contribution in [0, 0.1) is 0 Å². The number of carbonyl (C=O) groups excluding carboxylic acids is 3. The molecule has 45 heavy (non-hydrogen) atoms. The molecule has 1 saturated heterocycles. The van der Waals surface area contributed by atoms with Gasteiger partial charge in [0.15, 0.2) is 23.6 Å². The molecule has 0 bridgehead atoms. The van der Waals surface area contributed by atoms with Gasteiger partial charge in [-0.2, -0.15) is 4.98 Å². The van der Waals surface area contributed by atoms with Gasteiger partial charge in [0.2, 0.25) is 5.95 Å². The molecule has 0 saturated carbocycles. The number of alkyl carbamates (subject to hydrolysis) is 1. The number of amides is 2. The van der Waals surface area contributed by atoms with Crippen molar-refractivity contribution in [2.45, 2.75) is 72.2 Å². The number of aryl methyl sites for hydroxylation is 1. The Morgan fingerprint density at radius 3 is 2.56 bits per heavy atom. The van der Waals surface area contributed by atoms with Crippen molar-refractivity contribution < 1.29 is 23.9 Å². The molecule has 1 aliphatic rings. The van der Waals surface area contributed by atoms with Crippen LogP contribution in [0.5, 0.6) is 5.75 Å². The molecule has 0 radical (unpaired) electrons. The van der Waals surface area contributed by atoms with Crippen LogP contribution in [0.4, 0.5) is 10.7 Å². The number of nitrogens with zero attached hydrogens (tertiary/aromatic N) is 5. The third-order valence-electron chi connectivity index (χ3n) is 7.16. The van der Waals surface area contributed by atoms with E-state index in [0.717, 1.165) is 23.0 Å². The minimum Gasteiger partial charge on any atom is -0.484 e. The zero-order chi connectivity index (χ0) is 33.1. The Hall–Kier alpha value is -4.88. The molecular weight excluding hydrogens is 582 g/mol. The molecule has 0 aliphatic carbocycles. The van der Waals surface area contributed by atoms with Crippen LogP contribution in [0.3, 0.4) is 0 Å². The fourth-order valence-electron chi connectivity index (χ4n) is 5.09. The van der Waals surface area contributed by atoms with Crippen LogP contribution in [0.25, 0.3) is 11.2 Å². The van der Waals surface area contributed by atoms with Crippen LogP contribution in [0.15, 0.2) is 45.5 Å². The maximum Gasteiger partial charge on any atom is 0.407 e. The van der Waals surface area contributed by atoms with Crippen LogP contribution in [-0.2, 0) is 29.7 Å². The molecule has 14 heteroatoms. The SMILES string of the molecule is CC(C)=CCn1c(N2CCCC(NC(=O)OC(C)(C)C)C2)nc2c1c(=O)n(CC(=O)c1cccc(OCC(N)=O)c1)c(=O)n2C. The number of ether oxygens (including phenoxy) is 2. The monoisotopic (exact) mass is 623 g/mol. The summed E-state index contributed by atoms with van der Waals surface area (Å²) < 4.78 is 14.6. The van der Waals surface area contributed by atoms with Crippen LogP contribution in [0.2, 0.25) is 0 Å². The molecule has 1 unspecified atom stereocenters. The average molecular weight is 624 g/mol. The fourth-order valence-corrected chi connectivity index (χ4v) is 5.09. The predicted octanol–water partition coefficient (Wildman–Crippen LogP) is 2.10. The Kier molecular flexibility index (Phi) is 9.84. The van der Waals surface area contributed by atoms with E-state index < -0.39 is 41.2 Å². The van der Waals surface area contributed by atoms with E-state index in [1.165, 1.54) is 23.7 Å². The molecule has 1 aromatic carbocycles. The number of nitrogens with two attached hydrogens (primary N) is 1. The molecule has 3 heterocycles. The van der Waals surface area contributed by atoms with Crippen LogP contribution in [-0.4, -0.2) is 67.8 Å². The highest BCUT2D eigenvalue weighted by molar-refractivity contribution is 5.96. The lowest BCUT2D eigenvalue weighted by Gasteiger charge is -2.34. The van der Waals surface area contributed by atoms with Gasteiger partial charge in [0.1, 0.15) is 11.4 Å². The third-order valence-corrected chi connectivity index (χ3v) is 7.16. The maximum atomic E-state index is 14.0. The topological polar surface area (TPSA) is 173 Å². The lowest BCUT2D eigenvalue weighted by Crippen LogP contribution is -2.49. The van der Waals surface area contributed by atoms with Gasteiger partial charge in [-0.15, -0.1) is 0 Å². The average Bonchev–Trinajstić information content (AvgIpc) is 3.35. The Bertz CT molecular complexity index is 1760. The summed E-state index contributed by atoms with van der Waals surface area (Å²) in [5.74, 6) is -0.436. The van der Waals surface area contributed by atoms with Crippen molar-refractivity contribution >= 4 is 34.9 Å². The molecular formula is C31H41N7O7. The van der Waals surface area contributed by atoms with Crippen molar-refractivity contribution in [1.82, 2.24) is 24.0 Å². The second-order valence-corrected chi connectivity index (χ2v) is 12.3. The molecule has 3 N–H and O–H groups in total. The summed E-state index contributed by atoms with van der Waals surface area (Å²) in [6, 6.07) is 5.87. The summed E-state index contributed by atoms with van der Waals surface area (Å²) in [7, 11) is 1.51. The number of fused-ring (bicyclic) bond motifs is 1. The van der Waals surface area contributed by atoms with E-state index in [-0.39, 0.29) is 35.1 Å². The highest BCUT2D eigenvalue weighted by Crippen LogP contribution is 2.24. The second kappa shape index (κ2) is 13.4. The number of hydrogen-bond acceptors (Lipinski definition) is 9. The van der Waals surface area contributed by atoms with Gasteiger partial charge >= 0.3 is 11.8 Å². The van der Waals surface area contributed by atoms with E-state index >= 15 is 0 Å². The number of hydrogen-bond donors (Lipinski definition) is 2. The molecule has 2 amide bonds. The van der Waals surface area contributed by atoms with Crippen molar-refractivity contribution in [1.29, 1.82) is 0 Å². The Morgan fingerprint density at radius 1 is 1.16 bits per heavy atom. The van der Waals surface area contributed by atoms with Crippen molar-refractivity contribution in [2.75, 3.05) is 24.6 Å². The number of anilines is 1. The summed E-state index contributed by atoms with van der Waals surface area (Å²) >= 11 is 0. The smallest absolute Gasteiger partial charge is 0.407 e. The number of rotatable bonds is 10. The highest BCUT2D eigenvalue weighted by atomic mass is 16.6. The van der Waals surface area contributed by atoms with E-state index in [1.807, 2.05) is 24.8 Å². The third kappa shape index (κ3) is 7.99. The Labute approximate surface area is 260 Å². The number of carbonyl (C=O) groups is 3. The van der Waals surface area contributed by atoms with Crippen molar-refractivity contribution in [3.05, 3.63) is 62.3 Å². The molecule has 4 rings (SSSR count). The Balaban J connectivity index is 1.72. The molecule has 2 aromatic heterocycles. The lowest BCUT2D eigenvalue weighted by atomic mass is 10.1. The molecule has 0 spiro atoms. The van der Waals surface area contributed by atoms with E-state index in [2.05, 4.69) is 5.32 Å². The number of piperidine rings is 1. The molecule has 1 atom stereocenters. The highest BCUT2D eigenvalue weighted by Gasteiger charge is 2.29. The number of imidazole rings is 1. The summed E-state index contributed by atoms with van der Waals surface area (Å²) in [5.41, 5.74) is 4.74. The summed E-state index contributed by atoms with van der Waals surface area (Å²) in [4.78, 5) is 71.0. The quantitative estimate of drug-likeness (QED) is 0.253. The molecule has 1 fully saturated rings. The van der Waals surface area contributed by atoms with E-state index in [0.29, 0.717) is 25.6 Å². The van der Waals surface area contributed by atoms with Gasteiger partial charge in [0.05, 0.1) is 6.54 Å². The maximum absolute atomic E-state index is 14.0. The molecule has 14 nitrogen and oxygen atoms in total. The first-order chi connectivity index (χ1) is 21.1. The van der Waals surface area contributed by atoms with Crippen molar-refractivity contribution in [3.63, 3.8) is 0 Å². The van der Waals surface area contributed by atoms with Gasteiger partial charge in [-0.1, -0.05) is 23.8 Å². The number of aromatic nitrogens is 4. The summed E-state index contributed by atoms with van der Waals surface area (Å²) in [6.45, 7) is 9.75.